The Morgan fingerprint density at radius 3 is 2.25 bits per heavy atom. The number of para-hydroxylation sites is 1. The van der Waals surface area contributed by atoms with Gasteiger partial charge >= 0.3 is 0 Å². The van der Waals surface area contributed by atoms with Gasteiger partial charge in [-0.2, -0.15) is 0 Å². The third kappa shape index (κ3) is 4.65. The molecule has 0 radical (unpaired) electrons. The molecule has 0 aliphatic heterocycles. The van der Waals surface area contributed by atoms with Gasteiger partial charge in [-0.25, -0.2) is 8.42 Å². The van der Waals surface area contributed by atoms with E-state index in [1.54, 1.807) is 66.7 Å². The molecule has 3 aromatic rings. The van der Waals surface area contributed by atoms with Crippen LogP contribution in [0.4, 0.5) is 11.4 Å². The second-order valence-corrected chi connectivity index (χ2v) is 8.54. The molecule has 0 saturated carbocycles. The molecule has 1 amide bonds. The fraction of sp³-hybridized carbons (Fsp3) is 0.0500. The van der Waals surface area contributed by atoms with Gasteiger partial charge in [-0.05, 0) is 42.5 Å². The van der Waals surface area contributed by atoms with E-state index >= 15 is 0 Å². The zero-order valence-electron chi connectivity index (χ0n) is 14.5. The molecule has 3 aromatic carbocycles. The standard InChI is InChI=1S/C20H16Cl2N2O3S/c21-15-7-6-8-16(13-15)23-20(25)14-24(19-12-5-4-11-18(19)22)28(26,27)17-9-2-1-3-10-17/h1-13H,14H2,(H,23,25). The van der Waals surface area contributed by atoms with Crippen LogP contribution in [0.1, 0.15) is 0 Å². The number of anilines is 2. The van der Waals surface area contributed by atoms with Crippen molar-refractivity contribution in [2.45, 2.75) is 4.90 Å². The molecule has 3 rings (SSSR count). The molecule has 0 heterocycles. The Bertz CT molecular complexity index is 1090. The second kappa shape index (κ2) is 8.65. The lowest BCUT2D eigenvalue weighted by atomic mass is 10.3. The summed E-state index contributed by atoms with van der Waals surface area (Å²) in [6, 6.07) is 20.9. The highest BCUT2D eigenvalue weighted by Crippen LogP contribution is 2.30. The first-order valence-electron chi connectivity index (χ1n) is 8.25. The van der Waals surface area contributed by atoms with E-state index in [1.807, 2.05) is 0 Å². The molecule has 0 aliphatic rings. The average molecular weight is 435 g/mol. The number of nitrogens with one attached hydrogen (secondary N) is 1. The first-order valence-corrected chi connectivity index (χ1v) is 10.5. The van der Waals surface area contributed by atoms with Gasteiger partial charge in [-0.15, -0.1) is 0 Å². The Hall–Kier alpha value is -2.54. The smallest absolute Gasteiger partial charge is 0.264 e. The number of rotatable bonds is 6. The van der Waals surface area contributed by atoms with Gasteiger partial charge in [0.05, 0.1) is 15.6 Å². The number of amides is 1. The lowest BCUT2D eigenvalue weighted by molar-refractivity contribution is -0.114. The Balaban J connectivity index is 1.95. The maximum Gasteiger partial charge on any atom is 0.264 e. The molecule has 0 saturated heterocycles. The summed E-state index contributed by atoms with van der Waals surface area (Å²) in [6.07, 6.45) is 0. The van der Waals surface area contributed by atoms with E-state index in [0.29, 0.717) is 10.7 Å². The first-order chi connectivity index (χ1) is 13.4. The van der Waals surface area contributed by atoms with Gasteiger partial charge in [-0.1, -0.05) is 59.6 Å². The zero-order chi connectivity index (χ0) is 20.1. The first kappa shape index (κ1) is 20.2. The minimum atomic E-state index is -4.01. The van der Waals surface area contributed by atoms with E-state index in [1.165, 1.54) is 12.1 Å². The molecule has 0 spiro atoms. The fourth-order valence-corrected chi connectivity index (χ4v) is 4.51. The predicted molar refractivity (Wildman–Crippen MR) is 113 cm³/mol. The van der Waals surface area contributed by atoms with Crippen LogP contribution in [-0.2, 0) is 14.8 Å². The number of sulfonamides is 1. The van der Waals surface area contributed by atoms with Crippen molar-refractivity contribution in [3.8, 4) is 0 Å². The molecule has 0 atom stereocenters. The summed E-state index contributed by atoms with van der Waals surface area (Å²) in [7, 11) is -4.01. The Morgan fingerprint density at radius 2 is 1.57 bits per heavy atom. The van der Waals surface area contributed by atoms with Crippen LogP contribution in [0.3, 0.4) is 0 Å². The van der Waals surface area contributed by atoms with Crippen molar-refractivity contribution >= 4 is 50.5 Å². The third-order valence-electron chi connectivity index (χ3n) is 3.85. The van der Waals surface area contributed by atoms with Gasteiger partial charge in [-0.3, -0.25) is 9.10 Å². The summed E-state index contributed by atoms with van der Waals surface area (Å²) >= 11 is 12.1. The minimum absolute atomic E-state index is 0.0606. The van der Waals surface area contributed by atoms with E-state index in [4.69, 9.17) is 23.2 Å². The predicted octanol–water partition coefficient (Wildman–Crippen LogP) is 4.83. The Kier molecular flexibility index (Phi) is 6.24. The van der Waals surface area contributed by atoms with Gasteiger partial charge in [0.25, 0.3) is 10.0 Å². The van der Waals surface area contributed by atoms with Crippen molar-refractivity contribution in [3.63, 3.8) is 0 Å². The molecule has 144 valence electrons. The molecule has 0 unspecified atom stereocenters. The summed E-state index contributed by atoms with van der Waals surface area (Å²) in [6.45, 7) is -0.451. The van der Waals surface area contributed by atoms with Crippen molar-refractivity contribution in [3.05, 3.63) is 88.9 Å². The lowest BCUT2D eigenvalue weighted by Crippen LogP contribution is -2.38. The number of hydrogen-bond acceptors (Lipinski definition) is 3. The molecule has 0 aliphatic carbocycles. The molecule has 0 fully saturated rings. The SMILES string of the molecule is O=C(CN(c1ccccc1Cl)S(=O)(=O)c1ccccc1)Nc1cccc(Cl)c1. The van der Waals surface area contributed by atoms with E-state index in [-0.39, 0.29) is 15.6 Å². The Morgan fingerprint density at radius 1 is 0.893 bits per heavy atom. The van der Waals surface area contributed by atoms with E-state index in [9.17, 15) is 13.2 Å². The van der Waals surface area contributed by atoms with Crippen LogP contribution >= 0.6 is 23.2 Å². The van der Waals surface area contributed by atoms with Crippen molar-refractivity contribution < 1.29 is 13.2 Å². The number of nitrogens with zero attached hydrogens (tertiary/aromatic N) is 1. The molecular weight excluding hydrogens is 419 g/mol. The maximum absolute atomic E-state index is 13.2. The highest BCUT2D eigenvalue weighted by atomic mass is 35.5. The van der Waals surface area contributed by atoms with Gasteiger partial charge in [0.2, 0.25) is 5.91 Å². The maximum atomic E-state index is 13.2. The van der Waals surface area contributed by atoms with Crippen molar-refractivity contribution in [2.24, 2.45) is 0 Å². The van der Waals surface area contributed by atoms with E-state index < -0.39 is 22.5 Å². The minimum Gasteiger partial charge on any atom is -0.324 e. The molecule has 1 N–H and O–H groups in total. The summed E-state index contributed by atoms with van der Waals surface area (Å²) < 4.78 is 27.4. The summed E-state index contributed by atoms with van der Waals surface area (Å²) in [5, 5.41) is 3.33. The van der Waals surface area contributed by atoms with Crippen molar-refractivity contribution in [1.82, 2.24) is 0 Å². The molecular formula is C20H16Cl2N2O3S. The highest BCUT2D eigenvalue weighted by Gasteiger charge is 2.28. The zero-order valence-corrected chi connectivity index (χ0v) is 16.9. The van der Waals surface area contributed by atoms with Gasteiger partial charge in [0.15, 0.2) is 0 Å². The molecule has 5 nitrogen and oxygen atoms in total. The summed E-state index contributed by atoms with van der Waals surface area (Å²) in [5.74, 6) is -0.526. The molecule has 0 aromatic heterocycles. The third-order valence-corrected chi connectivity index (χ3v) is 6.18. The van der Waals surface area contributed by atoms with Gasteiger partial charge in [0, 0.05) is 10.7 Å². The number of benzene rings is 3. The molecule has 8 heteroatoms. The second-order valence-electron chi connectivity index (χ2n) is 5.83. The number of carbonyl (C=O) groups is 1. The lowest BCUT2D eigenvalue weighted by Gasteiger charge is -2.25. The molecule has 28 heavy (non-hydrogen) atoms. The van der Waals surface area contributed by atoms with Crippen LogP contribution in [0.5, 0.6) is 0 Å². The monoisotopic (exact) mass is 434 g/mol. The average Bonchev–Trinajstić information content (AvgIpc) is 2.67. The van der Waals surface area contributed by atoms with Crippen LogP contribution in [0.15, 0.2) is 83.8 Å². The summed E-state index contributed by atoms with van der Waals surface area (Å²) in [5.41, 5.74) is 0.683. The van der Waals surface area contributed by atoms with E-state index in [0.717, 1.165) is 4.31 Å². The van der Waals surface area contributed by atoms with Crippen LogP contribution in [0.2, 0.25) is 10.0 Å². The number of hydrogen-bond donors (Lipinski definition) is 1. The Labute approximate surface area is 173 Å². The molecule has 0 bridgehead atoms. The normalized spacial score (nSPS) is 11.1. The topological polar surface area (TPSA) is 66.5 Å². The summed E-state index contributed by atoms with van der Waals surface area (Å²) in [4.78, 5) is 12.7. The number of carbonyl (C=O) groups excluding carboxylic acids is 1. The highest BCUT2D eigenvalue weighted by molar-refractivity contribution is 7.92. The van der Waals surface area contributed by atoms with Gasteiger partial charge < -0.3 is 5.32 Å². The van der Waals surface area contributed by atoms with Crippen molar-refractivity contribution in [1.29, 1.82) is 0 Å². The van der Waals surface area contributed by atoms with Gasteiger partial charge in [0.1, 0.15) is 6.54 Å². The van der Waals surface area contributed by atoms with Crippen LogP contribution in [-0.4, -0.2) is 20.9 Å². The van der Waals surface area contributed by atoms with Crippen molar-refractivity contribution in [2.75, 3.05) is 16.2 Å². The van der Waals surface area contributed by atoms with Crippen LogP contribution in [0.25, 0.3) is 0 Å². The largest absolute Gasteiger partial charge is 0.324 e. The van der Waals surface area contributed by atoms with Crippen LogP contribution in [0, 0.1) is 0 Å². The van der Waals surface area contributed by atoms with E-state index in [2.05, 4.69) is 5.32 Å². The fourth-order valence-electron chi connectivity index (χ4n) is 2.57. The number of halogens is 2. The quantitative estimate of drug-likeness (QED) is 0.603. The van der Waals surface area contributed by atoms with Crippen LogP contribution < -0.4 is 9.62 Å².